The molecule has 0 aromatic heterocycles. The lowest BCUT2D eigenvalue weighted by molar-refractivity contribution is -0.150. The monoisotopic (exact) mass is 331 g/mol. The predicted octanol–water partition coefficient (Wildman–Crippen LogP) is -0.922. The van der Waals surface area contributed by atoms with E-state index in [1.165, 1.54) is 19.3 Å². The minimum atomic E-state index is -1.37. The molecule has 9 nitrogen and oxygen atoms in total. The third-order valence-electron chi connectivity index (χ3n) is 2.72. The zero-order valence-electron chi connectivity index (χ0n) is 13.2. The topological polar surface area (TPSA) is 128 Å². The molecule has 0 radical (unpaired) electrons. The fourth-order valence-corrected chi connectivity index (χ4v) is 1.45. The smallest absolute Gasteiger partial charge is 0.335 e. The Kier molecular flexibility index (Phi) is 10.0. The Labute approximate surface area is 133 Å². The van der Waals surface area contributed by atoms with E-state index >= 15 is 0 Å². The summed E-state index contributed by atoms with van der Waals surface area (Å²) in [6, 6.07) is -1.10. The van der Waals surface area contributed by atoms with E-state index in [1.54, 1.807) is 0 Å². The average Bonchev–Trinajstić information content (AvgIpc) is 2.56. The fraction of sp³-hybridized carbons (Fsp3) is 0.571. The van der Waals surface area contributed by atoms with Gasteiger partial charge in [0, 0.05) is 12.8 Å². The maximum Gasteiger partial charge on any atom is 0.335 e. The summed E-state index contributed by atoms with van der Waals surface area (Å²) >= 11 is 0. The molecule has 9 heteroatoms. The summed E-state index contributed by atoms with van der Waals surface area (Å²) in [4.78, 5) is 45.2. The molecule has 0 saturated heterocycles. The van der Waals surface area contributed by atoms with E-state index in [-0.39, 0.29) is 19.3 Å². The number of amides is 1. The number of carbonyl (C=O) groups is 4. The molecule has 0 fully saturated rings. The molecule has 0 aliphatic carbocycles. The van der Waals surface area contributed by atoms with Crippen LogP contribution in [0.15, 0.2) is 12.2 Å². The predicted molar refractivity (Wildman–Crippen MR) is 77.0 cm³/mol. The highest BCUT2D eigenvalue weighted by atomic mass is 16.5. The first-order valence-electron chi connectivity index (χ1n) is 6.72. The van der Waals surface area contributed by atoms with Crippen LogP contribution in [0.4, 0.5) is 0 Å². The summed E-state index contributed by atoms with van der Waals surface area (Å²) < 4.78 is 13.3. The Morgan fingerprint density at radius 3 is 2.13 bits per heavy atom. The number of carbonyl (C=O) groups excluding carboxylic acids is 4. The summed E-state index contributed by atoms with van der Waals surface area (Å²) in [5.41, 5.74) is 0. The first-order chi connectivity index (χ1) is 10.8. The second-order valence-electron chi connectivity index (χ2n) is 4.35. The third kappa shape index (κ3) is 8.57. The molecule has 2 atom stereocenters. The molecule has 0 aliphatic heterocycles. The lowest BCUT2D eigenvalue weighted by Gasteiger charge is -2.13. The largest absolute Gasteiger partial charge is 0.469 e. The summed E-state index contributed by atoms with van der Waals surface area (Å²) in [6.45, 7) is 0. The minimum Gasteiger partial charge on any atom is -0.469 e. The van der Waals surface area contributed by atoms with Crippen LogP contribution in [-0.2, 0) is 33.4 Å². The highest BCUT2D eigenvalue weighted by Crippen LogP contribution is 2.00. The molecular weight excluding hydrogens is 310 g/mol. The number of rotatable bonds is 9. The van der Waals surface area contributed by atoms with Gasteiger partial charge in [0.05, 0.1) is 27.8 Å². The zero-order chi connectivity index (χ0) is 17.8. The number of ether oxygens (including phenoxy) is 3. The van der Waals surface area contributed by atoms with E-state index in [9.17, 15) is 24.3 Å². The van der Waals surface area contributed by atoms with Crippen LogP contribution in [0.5, 0.6) is 0 Å². The summed E-state index contributed by atoms with van der Waals surface area (Å²) in [5.74, 6) is -2.65. The van der Waals surface area contributed by atoms with Gasteiger partial charge in [0.1, 0.15) is 6.04 Å². The Balaban J connectivity index is 4.58. The maximum absolute atomic E-state index is 11.7. The first kappa shape index (κ1) is 20.6. The van der Waals surface area contributed by atoms with Gasteiger partial charge in [0.15, 0.2) is 6.10 Å². The Bertz CT molecular complexity index is 460. The van der Waals surface area contributed by atoms with Crippen molar-refractivity contribution in [3.05, 3.63) is 12.2 Å². The standard InChI is InChI=1S/C14H21NO8/c1-21-12(18)8-7-11(17)15-9(13(19)22-2)5-4-6-10(16)14(20)23-3/h4-5,9-10,16H,6-8H2,1-3H3,(H,15,17)/b5-4+/t9-,10-/m0/s1. The van der Waals surface area contributed by atoms with Gasteiger partial charge in [0.2, 0.25) is 5.91 Å². The van der Waals surface area contributed by atoms with E-state index in [1.807, 2.05) is 0 Å². The fourth-order valence-electron chi connectivity index (χ4n) is 1.45. The van der Waals surface area contributed by atoms with Crippen molar-refractivity contribution < 1.29 is 38.5 Å². The highest BCUT2D eigenvalue weighted by molar-refractivity contribution is 5.87. The molecule has 0 saturated carbocycles. The van der Waals surface area contributed by atoms with Crippen LogP contribution < -0.4 is 5.32 Å². The lowest BCUT2D eigenvalue weighted by atomic mass is 10.2. The van der Waals surface area contributed by atoms with Crippen LogP contribution in [0.3, 0.4) is 0 Å². The molecular formula is C14H21NO8. The molecule has 0 heterocycles. The molecule has 0 unspecified atom stereocenters. The van der Waals surface area contributed by atoms with E-state index in [4.69, 9.17) is 0 Å². The summed E-state index contributed by atoms with van der Waals surface area (Å²) in [5, 5.41) is 11.8. The van der Waals surface area contributed by atoms with E-state index in [0.29, 0.717) is 0 Å². The van der Waals surface area contributed by atoms with Crippen LogP contribution in [0.25, 0.3) is 0 Å². The van der Waals surface area contributed by atoms with Gasteiger partial charge in [-0.05, 0) is 0 Å². The number of hydrogen-bond acceptors (Lipinski definition) is 8. The van der Waals surface area contributed by atoms with Crippen molar-refractivity contribution in [2.75, 3.05) is 21.3 Å². The highest BCUT2D eigenvalue weighted by Gasteiger charge is 2.20. The van der Waals surface area contributed by atoms with E-state index in [2.05, 4.69) is 19.5 Å². The molecule has 0 aromatic rings. The van der Waals surface area contributed by atoms with Crippen molar-refractivity contribution in [1.29, 1.82) is 0 Å². The molecule has 1 amide bonds. The second-order valence-corrected chi connectivity index (χ2v) is 4.35. The number of aliphatic hydroxyl groups excluding tert-OH is 1. The van der Waals surface area contributed by atoms with Crippen molar-refractivity contribution in [1.82, 2.24) is 5.32 Å². The van der Waals surface area contributed by atoms with Crippen molar-refractivity contribution in [2.45, 2.75) is 31.4 Å². The first-order valence-corrected chi connectivity index (χ1v) is 6.72. The molecule has 130 valence electrons. The number of esters is 3. The van der Waals surface area contributed by atoms with Gasteiger partial charge in [-0.25, -0.2) is 9.59 Å². The average molecular weight is 331 g/mol. The molecule has 2 N–H and O–H groups in total. The Morgan fingerprint density at radius 2 is 1.61 bits per heavy atom. The quantitative estimate of drug-likeness (QED) is 0.315. The van der Waals surface area contributed by atoms with Crippen molar-refractivity contribution >= 4 is 23.8 Å². The lowest BCUT2D eigenvalue weighted by Crippen LogP contribution is -2.40. The van der Waals surface area contributed by atoms with Gasteiger partial charge in [-0.1, -0.05) is 12.2 Å². The van der Waals surface area contributed by atoms with Crippen LogP contribution >= 0.6 is 0 Å². The van der Waals surface area contributed by atoms with Gasteiger partial charge >= 0.3 is 17.9 Å². The van der Waals surface area contributed by atoms with Crippen LogP contribution in [-0.4, -0.2) is 62.4 Å². The van der Waals surface area contributed by atoms with Crippen molar-refractivity contribution in [3.8, 4) is 0 Å². The second kappa shape index (κ2) is 11.2. The number of hydrogen-bond donors (Lipinski definition) is 2. The van der Waals surface area contributed by atoms with Gasteiger partial charge in [-0.3, -0.25) is 9.59 Å². The Morgan fingerprint density at radius 1 is 1.00 bits per heavy atom. The van der Waals surface area contributed by atoms with Gasteiger partial charge in [0.25, 0.3) is 0 Å². The van der Waals surface area contributed by atoms with Gasteiger partial charge in [-0.2, -0.15) is 0 Å². The molecule has 0 spiro atoms. The van der Waals surface area contributed by atoms with E-state index < -0.39 is 36.0 Å². The third-order valence-corrected chi connectivity index (χ3v) is 2.72. The summed E-state index contributed by atoms with van der Waals surface area (Å²) in [6.07, 6.45) is 0.861. The zero-order valence-corrected chi connectivity index (χ0v) is 13.2. The van der Waals surface area contributed by atoms with E-state index in [0.717, 1.165) is 14.2 Å². The maximum atomic E-state index is 11.7. The molecule has 23 heavy (non-hydrogen) atoms. The number of nitrogens with one attached hydrogen (secondary N) is 1. The van der Waals surface area contributed by atoms with Crippen LogP contribution in [0.2, 0.25) is 0 Å². The van der Waals surface area contributed by atoms with Gasteiger partial charge < -0.3 is 24.6 Å². The number of aliphatic hydroxyl groups is 1. The van der Waals surface area contributed by atoms with Crippen molar-refractivity contribution in [2.24, 2.45) is 0 Å². The molecule has 0 aromatic carbocycles. The number of methoxy groups -OCH3 is 3. The van der Waals surface area contributed by atoms with Crippen molar-refractivity contribution in [3.63, 3.8) is 0 Å². The SMILES string of the molecule is COC(=O)CCC(=O)N[C@@H](/C=C/C[C@H](O)C(=O)OC)C(=O)OC. The van der Waals surface area contributed by atoms with Gasteiger partial charge in [-0.15, -0.1) is 0 Å². The summed E-state index contributed by atoms with van der Waals surface area (Å²) in [7, 11) is 3.48. The minimum absolute atomic E-state index is 0.0990. The molecule has 0 aliphatic rings. The molecule has 0 bridgehead atoms. The van der Waals surface area contributed by atoms with Crippen LogP contribution in [0.1, 0.15) is 19.3 Å². The molecule has 0 rings (SSSR count). The Hall–Kier alpha value is -2.42. The van der Waals surface area contributed by atoms with Crippen LogP contribution in [0, 0.1) is 0 Å². The normalized spacial score (nSPS) is 13.0.